The monoisotopic (exact) mass is 294 g/mol. The van der Waals surface area contributed by atoms with Crippen LogP contribution in [0, 0.1) is 0 Å². The van der Waals surface area contributed by atoms with Crippen molar-refractivity contribution in [2.75, 3.05) is 11.9 Å². The van der Waals surface area contributed by atoms with Gasteiger partial charge in [-0.2, -0.15) is 0 Å². The van der Waals surface area contributed by atoms with E-state index in [0.717, 1.165) is 18.6 Å². The third-order valence-corrected chi connectivity index (χ3v) is 3.33. The molecule has 0 atom stereocenters. The predicted molar refractivity (Wildman–Crippen MR) is 76.3 cm³/mol. The van der Waals surface area contributed by atoms with E-state index in [1.165, 1.54) is 11.3 Å². The molecule has 106 valence electrons. The normalized spacial score (nSPS) is 13.7. The van der Waals surface area contributed by atoms with Crippen LogP contribution in [0.3, 0.4) is 0 Å². The summed E-state index contributed by atoms with van der Waals surface area (Å²) in [6.45, 7) is 0.392. The van der Waals surface area contributed by atoms with E-state index in [-0.39, 0.29) is 12.5 Å². The Morgan fingerprint density at radius 3 is 3.00 bits per heavy atom. The molecule has 7 nitrogen and oxygen atoms in total. The van der Waals surface area contributed by atoms with Gasteiger partial charge in [0.2, 0.25) is 0 Å². The lowest BCUT2D eigenvalue weighted by molar-refractivity contribution is -0.136. The molecule has 0 unspecified atom stereocenters. The molecular weight excluding hydrogens is 280 g/mol. The van der Waals surface area contributed by atoms with Crippen molar-refractivity contribution in [3.8, 4) is 0 Å². The zero-order valence-electron chi connectivity index (χ0n) is 10.6. The Labute approximate surface area is 119 Å². The van der Waals surface area contributed by atoms with E-state index in [2.05, 4.69) is 20.6 Å². The molecule has 0 saturated heterocycles. The average molecular weight is 294 g/mol. The molecule has 0 bridgehead atoms. The van der Waals surface area contributed by atoms with Crippen LogP contribution in [0.15, 0.2) is 22.6 Å². The highest BCUT2D eigenvalue weighted by molar-refractivity contribution is 7.13. The average Bonchev–Trinajstić information content (AvgIpc) is 2.84. The fourth-order valence-corrected chi connectivity index (χ4v) is 2.31. The molecule has 1 aromatic heterocycles. The number of carbonyl (C=O) groups is 2. The summed E-state index contributed by atoms with van der Waals surface area (Å²) in [5.74, 6) is -0.949. The third kappa shape index (κ3) is 4.47. The summed E-state index contributed by atoms with van der Waals surface area (Å²) in [5, 5.41) is 15.9. The Morgan fingerprint density at radius 1 is 1.45 bits per heavy atom. The Balaban J connectivity index is 1.79. The number of aromatic nitrogens is 1. The molecule has 1 aromatic rings. The number of carboxylic acids is 1. The number of thiazole rings is 1. The van der Waals surface area contributed by atoms with Crippen molar-refractivity contribution in [3.05, 3.63) is 23.3 Å². The SMILES string of the molecule is O=C(O)Cc1csc(NC(=O)NCC2=NC=CCC2)n1. The molecule has 2 rings (SSSR count). The van der Waals surface area contributed by atoms with Crippen molar-refractivity contribution in [2.24, 2.45) is 4.99 Å². The van der Waals surface area contributed by atoms with Gasteiger partial charge in [0.05, 0.1) is 18.7 Å². The van der Waals surface area contributed by atoms with Crippen LogP contribution in [0.1, 0.15) is 18.5 Å². The molecule has 0 saturated carbocycles. The number of allylic oxidation sites excluding steroid dienone is 1. The number of rotatable bonds is 5. The minimum absolute atomic E-state index is 0.150. The van der Waals surface area contributed by atoms with Gasteiger partial charge in [-0.25, -0.2) is 9.78 Å². The summed E-state index contributed by atoms with van der Waals surface area (Å²) in [6, 6.07) is -0.376. The number of urea groups is 1. The fourth-order valence-electron chi connectivity index (χ4n) is 1.61. The number of amides is 2. The lowest BCUT2D eigenvalue weighted by Gasteiger charge is -2.09. The first-order valence-electron chi connectivity index (χ1n) is 6.05. The minimum Gasteiger partial charge on any atom is -0.481 e. The van der Waals surface area contributed by atoms with Gasteiger partial charge in [0, 0.05) is 17.3 Å². The highest BCUT2D eigenvalue weighted by Crippen LogP contribution is 2.15. The maximum Gasteiger partial charge on any atom is 0.321 e. The van der Waals surface area contributed by atoms with Gasteiger partial charge in [0.15, 0.2) is 5.13 Å². The fraction of sp³-hybridized carbons (Fsp3) is 0.333. The topological polar surface area (TPSA) is 104 Å². The van der Waals surface area contributed by atoms with Gasteiger partial charge in [-0.1, -0.05) is 6.08 Å². The Kier molecular flexibility index (Phi) is 4.83. The van der Waals surface area contributed by atoms with Crippen LogP contribution in [0.2, 0.25) is 0 Å². The highest BCUT2D eigenvalue weighted by Gasteiger charge is 2.09. The summed E-state index contributed by atoms with van der Waals surface area (Å²) >= 11 is 1.19. The van der Waals surface area contributed by atoms with Gasteiger partial charge in [-0.15, -0.1) is 11.3 Å². The Morgan fingerprint density at radius 2 is 2.30 bits per heavy atom. The van der Waals surface area contributed by atoms with Gasteiger partial charge in [-0.05, 0) is 12.8 Å². The van der Waals surface area contributed by atoms with Crippen LogP contribution in [-0.4, -0.2) is 34.3 Å². The highest BCUT2D eigenvalue weighted by atomic mass is 32.1. The quantitative estimate of drug-likeness (QED) is 0.768. The first-order chi connectivity index (χ1) is 9.63. The van der Waals surface area contributed by atoms with Crippen molar-refractivity contribution in [2.45, 2.75) is 19.3 Å². The smallest absolute Gasteiger partial charge is 0.321 e. The van der Waals surface area contributed by atoms with E-state index in [4.69, 9.17) is 5.11 Å². The molecule has 0 radical (unpaired) electrons. The van der Waals surface area contributed by atoms with Crippen molar-refractivity contribution < 1.29 is 14.7 Å². The van der Waals surface area contributed by atoms with Crippen molar-refractivity contribution in [1.29, 1.82) is 0 Å². The number of anilines is 1. The number of aliphatic imine (C=N–C) groups is 1. The zero-order chi connectivity index (χ0) is 14.4. The van der Waals surface area contributed by atoms with Gasteiger partial charge < -0.3 is 10.4 Å². The van der Waals surface area contributed by atoms with Crippen LogP contribution >= 0.6 is 11.3 Å². The van der Waals surface area contributed by atoms with Gasteiger partial charge in [0.1, 0.15) is 0 Å². The van der Waals surface area contributed by atoms with Crippen molar-refractivity contribution in [3.63, 3.8) is 0 Å². The second-order valence-corrected chi connectivity index (χ2v) is 5.00. The van der Waals surface area contributed by atoms with Gasteiger partial charge in [-0.3, -0.25) is 15.1 Å². The molecule has 1 aliphatic heterocycles. The Bertz CT molecular complexity index is 565. The third-order valence-electron chi connectivity index (χ3n) is 2.52. The number of hydrogen-bond donors (Lipinski definition) is 3. The number of aliphatic carboxylic acids is 1. The maximum absolute atomic E-state index is 11.6. The second kappa shape index (κ2) is 6.80. The number of nitrogens with zero attached hydrogens (tertiary/aromatic N) is 2. The molecule has 2 heterocycles. The largest absolute Gasteiger partial charge is 0.481 e. The van der Waals surface area contributed by atoms with E-state index < -0.39 is 5.97 Å². The summed E-state index contributed by atoms with van der Waals surface area (Å²) in [5.41, 5.74) is 1.35. The summed E-state index contributed by atoms with van der Waals surface area (Å²) in [6.07, 6.45) is 5.34. The minimum atomic E-state index is -0.949. The molecule has 0 fully saturated rings. The van der Waals surface area contributed by atoms with Crippen LogP contribution < -0.4 is 10.6 Å². The van der Waals surface area contributed by atoms with Crippen LogP contribution in [0.5, 0.6) is 0 Å². The zero-order valence-corrected chi connectivity index (χ0v) is 11.4. The lowest BCUT2D eigenvalue weighted by atomic mass is 10.2. The van der Waals surface area contributed by atoms with E-state index in [0.29, 0.717) is 17.4 Å². The molecular formula is C12H14N4O3S. The number of carbonyl (C=O) groups excluding carboxylic acids is 1. The molecule has 8 heteroatoms. The molecule has 3 N–H and O–H groups in total. The van der Waals surface area contributed by atoms with Gasteiger partial charge in [0.25, 0.3) is 0 Å². The van der Waals surface area contributed by atoms with E-state index in [1.807, 2.05) is 6.08 Å². The summed E-state index contributed by atoms with van der Waals surface area (Å²) < 4.78 is 0. The maximum atomic E-state index is 11.6. The number of hydrogen-bond acceptors (Lipinski definition) is 5. The standard InChI is InChI=1S/C12H14N4O3S/c17-10(18)5-9-7-20-12(15-9)16-11(19)14-6-8-3-1-2-4-13-8/h2,4,7H,1,3,5-6H2,(H,17,18)(H2,14,15,16,19). The van der Waals surface area contributed by atoms with Crippen molar-refractivity contribution >= 4 is 34.2 Å². The first kappa shape index (κ1) is 14.2. The van der Waals surface area contributed by atoms with Crippen LogP contribution in [-0.2, 0) is 11.2 Å². The van der Waals surface area contributed by atoms with Crippen molar-refractivity contribution in [1.82, 2.24) is 10.3 Å². The number of carboxylic acid groups (broad SMARTS) is 1. The Hall–Kier alpha value is -2.22. The summed E-state index contributed by atoms with van der Waals surface area (Å²) in [4.78, 5) is 30.3. The molecule has 20 heavy (non-hydrogen) atoms. The molecule has 0 aromatic carbocycles. The molecule has 0 spiro atoms. The lowest BCUT2D eigenvalue weighted by Crippen LogP contribution is -2.33. The molecule has 0 aliphatic carbocycles. The van der Waals surface area contributed by atoms with Crippen LogP contribution in [0.25, 0.3) is 0 Å². The predicted octanol–water partition coefficient (Wildman–Crippen LogP) is 1.64. The second-order valence-electron chi connectivity index (χ2n) is 4.14. The number of nitrogens with one attached hydrogen (secondary N) is 2. The van der Waals surface area contributed by atoms with E-state index >= 15 is 0 Å². The first-order valence-corrected chi connectivity index (χ1v) is 6.93. The molecule has 2 amide bonds. The van der Waals surface area contributed by atoms with Gasteiger partial charge >= 0.3 is 12.0 Å². The molecule has 1 aliphatic rings. The van der Waals surface area contributed by atoms with E-state index in [1.54, 1.807) is 11.6 Å². The van der Waals surface area contributed by atoms with E-state index in [9.17, 15) is 9.59 Å². The summed E-state index contributed by atoms with van der Waals surface area (Å²) in [7, 11) is 0. The van der Waals surface area contributed by atoms with Crippen LogP contribution in [0.4, 0.5) is 9.93 Å².